The lowest BCUT2D eigenvalue weighted by atomic mass is 9.69. The van der Waals surface area contributed by atoms with Gasteiger partial charge in [0.2, 0.25) is 6.29 Å². The van der Waals surface area contributed by atoms with Crippen molar-refractivity contribution in [1.29, 1.82) is 0 Å². The number of aromatic amines is 1. The molecule has 8 atom stereocenters. The van der Waals surface area contributed by atoms with Crippen LogP contribution in [0.5, 0.6) is 17.2 Å². The number of aromatic nitrogens is 1. The minimum absolute atomic E-state index is 0.00460. The number of H-pyrrole nitrogens is 1. The summed E-state index contributed by atoms with van der Waals surface area (Å²) in [6.07, 6.45) is 12.5. The van der Waals surface area contributed by atoms with E-state index in [9.17, 15) is 30.3 Å². The Morgan fingerprint density at radius 1 is 1.00 bits per heavy atom. The van der Waals surface area contributed by atoms with Crippen LogP contribution in [0.1, 0.15) is 135 Å². The fraction of sp³-hybridized carbons (Fsp3) is 0.448. The van der Waals surface area contributed by atoms with Crippen molar-refractivity contribution in [2.75, 3.05) is 26.9 Å². The van der Waals surface area contributed by atoms with Crippen LogP contribution < -0.4 is 9.47 Å². The van der Waals surface area contributed by atoms with E-state index in [1.807, 2.05) is 24.4 Å². The molecule has 1 aromatic heterocycles. The maximum Gasteiger partial charge on any atom is 0.254 e. The molecule has 14 heteroatoms. The molecule has 8 bridgehead atoms. The first-order valence-corrected chi connectivity index (χ1v) is 25.7. The van der Waals surface area contributed by atoms with Crippen molar-refractivity contribution in [3.63, 3.8) is 0 Å². The number of hydrogen-bond acceptors (Lipinski definition) is 12. The van der Waals surface area contributed by atoms with E-state index in [1.54, 1.807) is 25.3 Å². The molecule has 372 valence electrons. The molecule has 6 N–H and O–H groups in total. The minimum atomic E-state index is -2.47. The van der Waals surface area contributed by atoms with Gasteiger partial charge in [0.05, 0.1) is 49.0 Å². The number of Topliss-reactive ketones (excluding diaryl/α,β-unsaturated/α-hetero) is 1. The van der Waals surface area contributed by atoms with Crippen molar-refractivity contribution >= 4 is 45.0 Å². The normalized spacial score (nSPS) is 29.3. The molecule has 2 saturated carbocycles. The molecule has 1 amide bonds. The van der Waals surface area contributed by atoms with Crippen LogP contribution in [0.25, 0.3) is 33.3 Å². The average molecular weight is 975 g/mol. The number of nitrogens with zero attached hydrogens (tertiary/aromatic N) is 1. The van der Waals surface area contributed by atoms with E-state index >= 15 is 4.79 Å². The number of aliphatic hydroxyl groups excluding tert-OH is 2. The largest absolute Gasteiger partial charge is 0.506 e. The number of ether oxygens (including phenoxy) is 5. The fourth-order valence-corrected chi connectivity index (χ4v) is 13.7. The summed E-state index contributed by atoms with van der Waals surface area (Å²) in [6.45, 7) is -1.38. The zero-order valence-electron chi connectivity index (χ0n) is 40.2. The highest BCUT2D eigenvalue weighted by atomic mass is 16.7. The second kappa shape index (κ2) is 17.2. The zero-order chi connectivity index (χ0) is 49.2. The number of amides is 1. The first-order valence-electron chi connectivity index (χ1n) is 25.7. The van der Waals surface area contributed by atoms with Gasteiger partial charge in [0, 0.05) is 52.1 Å². The highest BCUT2D eigenvalue weighted by Crippen LogP contribution is 2.60. The molecule has 4 aliphatic heterocycles. The number of aromatic hydroxyl groups is 1. The first kappa shape index (κ1) is 45.7. The van der Waals surface area contributed by atoms with Crippen LogP contribution in [0.15, 0.2) is 54.7 Å². The van der Waals surface area contributed by atoms with Gasteiger partial charge in [-0.25, -0.2) is 0 Å². The molecule has 1 saturated heterocycles. The third-order valence-electron chi connectivity index (χ3n) is 17.4. The molecule has 8 aliphatic rings. The van der Waals surface area contributed by atoms with E-state index in [-0.39, 0.29) is 66.3 Å². The number of allylic oxidation sites excluding steroid dienone is 2. The number of benzene rings is 4. The zero-order valence-corrected chi connectivity index (χ0v) is 40.2. The second-order valence-electron chi connectivity index (χ2n) is 21.4. The molecule has 0 radical (unpaired) electrons. The topological polar surface area (TPSA) is 200 Å². The summed E-state index contributed by atoms with van der Waals surface area (Å²) in [5, 5.41) is 62.4. The number of aryl methyl sites for hydroxylation is 2. The first-order chi connectivity index (χ1) is 35.0. The molecule has 4 aliphatic carbocycles. The van der Waals surface area contributed by atoms with E-state index in [0.29, 0.717) is 47.9 Å². The summed E-state index contributed by atoms with van der Waals surface area (Å²) in [4.78, 5) is 34.5. The number of carbonyl (C=O) groups is 2. The van der Waals surface area contributed by atoms with Gasteiger partial charge in [-0.3, -0.25) is 9.59 Å². The number of nitrogens with one attached hydrogen (secondary N) is 1. The summed E-state index contributed by atoms with van der Waals surface area (Å²) in [5.41, 5.74) is 5.47. The number of carbonyl (C=O) groups excluding carboxylic acids is 2. The standard InChI is InChI=1S/C58H58N2O12/c1-68-52-36-14-13-33-24-32-8-5-10-34(32)46-45(33)47(36)49-51(64)48(46)42(62)27-60-26-40-31(7-4-11-35(40)55(60)65)9-6-22-69-54-50(63)44-28-70-43(17-15-37(52)53(49)72-56(71-44)58(54,67)29-61)39-25-59-41-16-12-30(23-38(39)41)18-21-57(66)19-2-3-20-57/h4,7,11-12,15-17,23-25,32,34,43-44,50,54,56,59,61,63-64,66-67H,2-3,5,8-10,13-14,18-21,26-29H2,1H3/b17-15+/t32-,34-,43+,44+,50+,54-,56+,58+/m0/s1. The maximum absolute atomic E-state index is 15.4. The third kappa shape index (κ3) is 6.99. The van der Waals surface area contributed by atoms with Crippen LogP contribution in [-0.4, -0.2) is 110 Å². The Morgan fingerprint density at radius 2 is 1.86 bits per heavy atom. The van der Waals surface area contributed by atoms with Crippen molar-refractivity contribution in [2.24, 2.45) is 5.92 Å². The van der Waals surface area contributed by atoms with Gasteiger partial charge >= 0.3 is 0 Å². The average Bonchev–Trinajstić information content (AvgIpc) is 4.20. The Labute approximate surface area is 416 Å². The number of ketones is 1. The number of aliphatic hydroxyl groups is 4. The van der Waals surface area contributed by atoms with E-state index in [0.717, 1.165) is 100 Å². The Bertz CT molecular complexity index is 3240. The number of hydrogen-bond donors (Lipinski definition) is 6. The summed E-state index contributed by atoms with van der Waals surface area (Å²) in [6, 6.07) is 11.6. The SMILES string of the molecule is COc1c2c3c4c(O)c(c5c6c4c1CCC6=C[C@@H]1CCC[C@H]51)C(=O)CN1Cc4c(cccc4C1=O)CC#CO[C@H]1[C@H](O)[C@@H](CO[C@@H](c4c[nH]c5ccc(CCC6(O)CCCC6)cc45)/C=C/2)O[C@H](O3)[C@@]1(O)CO. The van der Waals surface area contributed by atoms with E-state index in [4.69, 9.17) is 23.7 Å². The van der Waals surface area contributed by atoms with Crippen LogP contribution in [0.4, 0.5) is 0 Å². The molecular formula is C58H58N2O12. The molecule has 13 rings (SSSR count). The van der Waals surface area contributed by atoms with Gasteiger partial charge in [0.15, 0.2) is 17.5 Å². The summed E-state index contributed by atoms with van der Waals surface area (Å²) in [7, 11) is 1.58. The van der Waals surface area contributed by atoms with Crippen LogP contribution in [-0.2, 0) is 40.0 Å². The molecule has 5 heterocycles. The van der Waals surface area contributed by atoms with Crippen molar-refractivity contribution in [1.82, 2.24) is 9.88 Å². The maximum atomic E-state index is 15.4. The molecule has 5 aromatic rings. The lowest BCUT2D eigenvalue weighted by Gasteiger charge is -2.47. The molecule has 14 nitrogen and oxygen atoms in total. The van der Waals surface area contributed by atoms with Crippen LogP contribution in [0.2, 0.25) is 0 Å². The van der Waals surface area contributed by atoms with Crippen molar-refractivity contribution in [3.8, 4) is 29.3 Å². The smallest absolute Gasteiger partial charge is 0.254 e. The molecule has 0 spiro atoms. The van der Waals surface area contributed by atoms with E-state index < -0.39 is 54.3 Å². The minimum Gasteiger partial charge on any atom is -0.506 e. The van der Waals surface area contributed by atoms with Gasteiger partial charge in [-0.05, 0) is 121 Å². The quantitative estimate of drug-likeness (QED) is 0.0936. The Morgan fingerprint density at radius 3 is 2.69 bits per heavy atom. The van der Waals surface area contributed by atoms with Crippen LogP contribution >= 0.6 is 0 Å². The van der Waals surface area contributed by atoms with Gasteiger partial charge in [-0.1, -0.05) is 55.5 Å². The van der Waals surface area contributed by atoms with Crippen LogP contribution in [0.3, 0.4) is 0 Å². The Kier molecular flexibility index (Phi) is 10.9. The number of rotatable bonds is 6. The van der Waals surface area contributed by atoms with Gasteiger partial charge in [-0.2, -0.15) is 0 Å². The van der Waals surface area contributed by atoms with Gasteiger partial charge in [-0.15, -0.1) is 0 Å². The number of methoxy groups -OCH3 is 1. The Balaban J connectivity index is 1.05. The van der Waals surface area contributed by atoms with Crippen molar-refractivity contribution in [3.05, 3.63) is 110 Å². The number of phenols is 1. The fourth-order valence-electron chi connectivity index (χ4n) is 13.7. The van der Waals surface area contributed by atoms with Crippen molar-refractivity contribution < 1.29 is 58.8 Å². The predicted molar refractivity (Wildman–Crippen MR) is 266 cm³/mol. The van der Waals surface area contributed by atoms with E-state index in [2.05, 4.69) is 35.2 Å². The molecule has 3 fully saturated rings. The lowest BCUT2D eigenvalue weighted by Crippen LogP contribution is -2.70. The summed E-state index contributed by atoms with van der Waals surface area (Å²) >= 11 is 0. The van der Waals surface area contributed by atoms with Crippen molar-refractivity contribution in [2.45, 2.75) is 131 Å². The monoisotopic (exact) mass is 974 g/mol. The molecule has 4 aromatic carbocycles. The predicted octanol–water partition coefficient (Wildman–Crippen LogP) is 7.21. The summed E-state index contributed by atoms with van der Waals surface area (Å²) in [5.74, 6) is 2.52. The molecule has 72 heavy (non-hydrogen) atoms. The lowest BCUT2D eigenvalue weighted by molar-refractivity contribution is -0.328. The highest BCUT2D eigenvalue weighted by Gasteiger charge is 2.59. The van der Waals surface area contributed by atoms with Crippen LogP contribution in [0, 0.1) is 17.9 Å². The summed E-state index contributed by atoms with van der Waals surface area (Å²) < 4.78 is 32.9. The number of phenolic OH excluding ortho intramolecular Hbond substituents is 1. The molecular weight excluding hydrogens is 917 g/mol. The third-order valence-corrected chi connectivity index (χ3v) is 17.4. The van der Waals surface area contributed by atoms with Gasteiger partial charge < -0.3 is 59.1 Å². The van der Waals surface area contributed by atoms with Gasteiger partial charge in [0.1, 0.15) is 41.7 Å². The van der Waals surface area contributed by atoms with E-state index in [1.165, 1.54) is 4.90 Å². The number of fused-ring (bicyclic) bond motifs is 8. The van der Waals surface area contributed by atoms with Gasteiger partial charge in [0.25, 0.3) is 5.91 Å². The highest BCUT2D eigenvalue weighted by molar-refractivity contribution is 6.17. The Hall–Kier alpha value is -6.18. The second-order valence-corrected chi connectivity index (χ2v) is 21.4. The molecule has 0 unspecified atom stereocenters.